The number of halogens is 1. The molecule has 0 bridgehead atoms. The lowest BCUT2D eigenvalue weighted by Gasteiger charge is -2.20. The summed E-state index contributed by atoms with van der Waals surface area (Å²) in [5, 5.41) is 9.99. The summed E-state index contributed by atoms with van der Waals surface area (Å²) in [6, 6.07) is 11.3. The first-order valence-corrected chi connectivity index (χ1v) is 10.2. The SMILES string of the molecule is Cc1cc(N)ncc1-n1cc(C(=O)O)c(=O)c2cc(Cl)c(N3Cc4ccccc4C3)nc21. The molecule has 8 nitrogen and oxygen atoms in total. The molecular weight excluding hydrogens is 430 g/mol. The molecule has 1 aliphatic heterocycles. The van der Waals surface area contributed by atoms with Gasteiger partial charge >= 0.3 is 5.97 Å². The van der Waals surface area contributed by atoms with E-state index in [9.17, 15) is 14.7 Å². The molecule has 3 N–H and O–H groups in total. The molecule has 0 aliphatic carbocycles. The first-order chi connectivity index (χ1) is 15.3. The number of hydrogen-bond donors (Lipinski definition) is 2. The lowest BCUT2D eigenvalue weighted by molar-refractivity contribution is 0.0695. The number of carbonyl (C=O) groups is 1. The molecule has 0 spiro atoms. The van der Waals surface area contributed by atoms with Crippen LogP contribution >= 0.6 is 11.6 Å². The van der Waals surface area contributed by atoms with E-state index in [0.717, 1.165) is 5.56 Å². The van der Waals surface area contributed by atoms with Crippen molar-refractivity contribution < 1.29 is 9.90 Å². The Morgan fingerprint density at radius 1 is 1.19 bits per heavy atom. The summed E-state index contributed by atoms with van der Waals surface area (Å²) in [5.41, 5.74) is 8.74. The largest absolute Gasteiger partial charge is 0.477 e. The molecule has 0 unspecified atom stereocenters. The van der Waals surface area contributed by atoms with Gasteiger partial charge in [-0.25, -0.2) is 14.8 Å². The Kier molecular flexibility index (Phi) is 4.60. The van der Waals surface area contributed by atoms with Crippen LogP contribution in [0.3, 0.4) is 0 Å². The van der Waals surface area contributed by atoms with Crippen molar-refractivity contribution in [3.8, 4) is 5.69 Å². The second-order valence-corrected chi connectivity index (χ2v) is 8.14. The smallest absolute Gasteiger partial charge is 0.341 e. The lowest BCUT2D eigenvalue weighted by Crippen LogP contribution is -2.22. The molecule has 0 saturated heterocycles. The first-order valence-electron chi connectivity index (χ1n) is 9.87. The zero-order valence-corrected chi connectivity index (χ0v) is 17.8. The van der Waals surface area contributed by atoms with Crippen molar-refractivity contribution in [3.63, 3.8) is 0 Å². The van der Waals surface area contributed by atoms with Crippen molar-refractivity contribution in [2.75, 3.05) is 10.6 Å². The molecule has 1 aliphatic rings. The molecule has 4 aromatic rings. The second-order valence-electron chi connectivity index (χ2n) is 7.73. The van der Waals surface area contributed by atoms with E-state index < -0.39 is 11.4 Å². The molecular formula is C23H18ClN5O3. The Morgan fingerprint density at radius 3 is 2.50 bits per heavy atom. The minimum atomic E-state index is -1.33. The standard InChI is InChI=1S/C23H18ClN5O3/c1-12-6-19(25)26-8-18(12)29-11-16(23(31)32)20(30)15-7-17(24)22(27-21(15)29)28-9-13-4-2-3-5-14(13)10-28/h2-8,11H,9-10H2,1H3,(H2,25,26)(H,31,32). The highest BCUT2D eigenvalue weighted by Crippen LogP contribution is 2.34. The summed E-state index contributed by atoms with van der Waals surface area (Å²) in [6.07, 6.45) is 2.80. The van der Waals surface area contributed by atoms with Gasteiger partial charge in [-0.2, -0.15) is 0 Å². The molecule has 0 amide bonds. The van der Waals surface area contributed by atoms with Gasteiger partial charge in [-0.05, 0) is 35.7 Å². The van der Waals surface area contributed by atoms with Crippen LogP contribution in [0.1, 0.15) is 27.0 Å². The zero-order chi connectivity index (χ0) is 22.6. The number of aryl methyl sites for hydroxylation is 1. The Hall–Kier alpha value is -3.91. The number of nitrogens with zero attached hydrogens (tertiary/aromatic N) is 4. The molecule has 160 valence electrons. The normalized spacial score (nSPS) is 12.9. The third-order valence-electron chi connectivity index (χ3n) is 5.65. The van der Waals surface area contributed by atoms with E-state index in [2.05, 4.69) is 17.1 Å². The van der Waals surface area contributed by atoms with Crippen LogP contribution in [0.5, 0.6) is 0 Å². The van der Waals surface area contributed by atoms with E-state index in [1.807, 2.05) is 24.0 Å². The highest BCUT2D eigenvalue weighted by atomic mass is 35.5. The van der Waals surface area contributed by atoms with Crippen LogP contribution in [0.2, 0.25) is 5.02 Å². The first kappa shape index (κ1) is 20.0. The van der Waals surface area contributed by atoms with E-state index in [0.29, 0.717) is 36.1 Å². The van der Waals surface area contributed by atoms with Crippen LogP contribution < -0.4 is 16.1 Å². The number of anilines is 2. The highest BCUT2D eigenvalue weighted by Gasteiger charge is 2.25. The van der Waals surface area contributed by atoms with Crippen molar-refractivity contribution in [3.05, 3.63) is 86.3 Å². The van der Waals surface area contributed by atoms with Gasteiger partial charge in [0.1, 0.15) is 11.4 Å². The Labute approximate surface area is 187 Å². The van der Waals surface area contributed by atoms with Gasteiger partial charge in [-0.15, -0.1) is 0 Å². The number of nitrogen functional groups attached to an aromatic ring is 1. The number of aromatic carboxylic acids is 1. The molecule has 0 atom stereocenters. The van der Waals surface area contributed by atoms with Gasteiger partial charge in [-0.1, -0.05) is 35.9 Å². The molecule has 0 fully saturated rings. The number of hydrogen-bond acceptors (Lipinski definition) is 6. The highest BCUT2D eigenvalue weighted by molar-refractivity contribution is 6.33. The Balaban J connectivity index is 1.77. The van der Waals surface area contributed by atoms with E-state index in [4.69, 9.17) is 22.3 Å². The van der Waals surface area contributed by atoms with Crippen molar-refractivity contribution in [1.82, 2.24) is 14.5 Å². The van der Waals surface area contributed by atoms with Gasteiger partial charge in [0, 0.05) is 19.3 Å². The van der Waals surface area contributed by atoms with Gasteiger partial charge < -0.3 is 15.7 Å². The fourth-order valence-corrected chi connectivity index (χ4v) is 4.35. The summed E-state index contributed by atoms with van der Waals surface area (Å²) in [4.78, 5) is 35.6. The van der Waals surface area contributed by atoms with E-state index in [1.165, 1.54) is 29.6 Å². The lowest BCUT2D eigenvalue weighted by atomic mass is 10.1. The average molecular weight is 448 g/mol. The number of benzene rings is 1. The van der Waals surface area contributed by atoms with Gasteiger partial charge in [0.2, 0.25) is 5.43 Å². The minimum Gasteiger partial charge on any atom is -0.477 e. The second kappa shape index (κ2) is 7.35. The van der Waals surface area contributed by atoms with E-state index in [-0.39, 0.29) is 16.0 Å². The third kappa shape index (κ3) is 3.16. The molecule has 1 aromatic carbocycles. The maximum Gasteiger partial charge on any atom is 0.341 e. The maximum absolute atomic E-state index is 12.9. The quantitative estimate of drug-likeness (QED) is 0.493. The fourth-order valence-electron chi connectivity index (χ4n) is 4.08. The average Bonchev–Trinajstić information content (AvgIpc) is 3.18. The van der Waals surface area contributed by atoms with Crippen molar-refractivity contribution >= 4 is 40.2 Å². The zero-order valence-electron chi connectivity index (χ0n) is 17.0. The van der Waals surface area contributed by atoms with Gasteiger partial charge in [0.15, 0.2) is 11.5 Å². The number of carboxylic acid groups (broad SMARTS) is 1. The number of pyridine rings is 3. The number of fused-ring (bicyclic) bond motifs is 2. The number of aromatic nitrogens is 3. The monoisotopic (exact) mass is 447 g/mol. The van der Waals surface area contributed by atoms with E-state index in [1.54, 1.807) is 10.6 Å². The number of carboxylic acids is 1. The predicted molar refractivity (Wildman–Crippen MR) is 123 cm³/mol. The number of nitrogens with two attached hydrogens (primary N) is 1. The number of rotatable bonds is 3. The van der Waals surface area contributed by atoms with Crippen molar-refractivity contribution in [2.24, 2.45) is 0 Å². The van der Waals surface area contributed by atoms with Crippen molar-refractivity contribution in [2.45, 2.75) is 20.0 Å². The van der Waals surface area contributed by atoms with Crippen LogP contribution in [0.15, 0.2) is 53.6 Å². The minimum absolute atomic E-state index is 0.117. The van der Waals surface area contributed by atoms with Crippen LogP contribution in [-0.2, 0) is 13.1 Å². The molecule has 3 aromatic heterocycles. The van der Waals surface area contributed by atoms with Crippen LogP contribution in [-0.4, -0.2) is 25.6 Å². The van der Waals surface area contributed by atoms with Gasteiger partial charge in [0.25, 0.3) is 0 Å². The predicted octanol–water partition coefficient (Wildman–Crippen LogP) is 3.54. The molecule has 5 rings (SSSR count). The van der Waals surface area contributed by atoms with Crippen molar-refractivity contribution in [1.29, 1.82) is 0 Å². The summed E-state index contributed by atoms with van der Waals surface area (Å²) in [5.74, 6) is -0.476. The van der Waals surface area contributed by atoms with Gasteiger partial charge in [-0.3, -0.25) is 9.36 Å². The summed E-state index contributed by atoms with van der Waals surface area (Å²) in [6.45, 7) is 3.09. The third-order valence-corrected chi connectivity index (χ3v) is 5.93. The summed E-state index contributed by atoms with van der Waals surface area (Å²) >= 11 is 6.55. The Morgan fingerprint density at radius 2 is 1.88 bits per heavy atom. The topological polar surface area (TPSA) is 114 Å². The Bertz CT molecular complexity index is 1460. The maximum atomic E-state index is 12.9. The molecule has 0 saturated carbocycles. The van der Waals surface area contributed by atoms with Gasteiger partial charge in [0.05, 0.1) is 22.3 Å². The fraction of sp³-hybridized carbons (Fsp3) is 0.130. The molecule has 9 heteroatoms. The van der Waals surface area contributed by atoms with E-state index >= 15 is 0 Å². The summed E-state index contributed by atoms with van der Waals surface area (Å²) < 4.78 is 1.56. The molecule has 4 heterocycles. The van der Waals surface area contributed by atoms with Crippen LogP contribution in [0.25, 0.3) is 16.7 Å². The molecule has 0 radical (unpaired) electrons. The van der Waals surface area contributed by atoms with Crippen LogP contribution in [0.4, 0.5) is 11.6 Å². The summed E-state index contributed by atoms with van der Waals surface area (Å²) in [7, 11) is 0. The molecule has 32 heavy (non-hydrogen) atoms. The van der Waals surface area contributed by atoms with Crippen LogP contribution in [0, 0.1) is 6.92 Å².